The minimum atomic E-state index is -0.667. The van der Waals surface area contributed by atoms with Crippen molar-refractivity contribution in [3.8, 4) is 28.3 Å². The van der Waals surface area contributed by atoms with E-state index in [4.69, 9.17) is 10.5 Å². The molecule has 6 aromatic rings. The first-order valence-corrected chi connectivity index (χ1v) is 13.1. The SMILES string of the molecule is Cc1ccc(C(=O)Cc2ccc(Oc3ccnn4ccc(-c5cccc(N)c5)c34)c(F)c2)c(=O)n1-c1ccc(F)cc1. The lowest BCUT2D eigenvalue weighted by Crippen LogP contribution is -2.27. The molecule has 0 aliphatic carbocycles. The molecule has 0 amide bonds. The van der Waals surface area contributed by atoms with Gasteiger partial charge in [-0.3, -0.25) is 14.2 Å². The van der Waals surface area contributed by atoms with Crippen LogP contribution < -0.4 is 16.0 Å². The Balaban J connectivity index is 1.26. The van der Waals surface area contributed by atoms with E-state index in [2.05, 4.69) is 5.10 Å². The first kappa shape index (κ1) is 26.6. The van der Waals surface area contributed by atoms with Gasteiger partial charge in [0.1, 0.15) is 11.3 Å². The number of nitrogens with two attached hydrogens (primary N) is 1. The van der Waals surface area contributed by atoms with Crippen molar-refractivity contribution in [1.29, 1.82) is 0 Å². The van der Waals surface area contributed by atoms with E-state index < -0.39 is 23.0 Å². The van der Waals surface area contributed by atoms with Gasteiger partial charge in [0.25, 0.3) is 5.56 Å². The number of carbonyl (C=O) groups is 1. The Labute approximate surface area is 239 Å². The number of aromatic nitrogens is 3. The van der Waals surface area contributed by atoms with Gasteiger partial charge >= 0.3 is 0 Å². The summed E-state index contributed by atoms with van der Waals surface area (Å²) in [5.74, 6) is -1.22. The Morgan fingerprint density at radius 1 is 0.929 bits per heavy atom. The summed E-state index contributed by atoms with van der Waals surface area (Å²) in [6.07, 6.45) is 3.13. The predicted octanol–water partition coefficient (Wildman–Crippen LogP) is 6.54. The highest BCUT2D eigenvalue weighted by Gasteiger charge is 2.18. The molecule has 3 aromatic carbocycles. The number of carbonyl (C=O) groups excluding carboxylic acids is 1. The van der Waals surface area contributed by atoms with Crippen LogP contribution in [0.2, 0.25) is 0 Å². The molecule has 208 valence electrons. The molecular formula is C33H24F2N4O3. The fourth-order valence-electron chi connectivity index (χ4n) is 4.93. The Morgan fingerprint density at radius 2 is 1.74 bits per heavy atom. The van der Waals surface area contributed by atoms with E-state index in [9.17, 15) is 14.0 Å². The molecule has 0 fully saturated rings. The molecule has 7 nitrogen and oxygen atoms in total. The van der Waals surface area contributed by atoms with Crippen molar-refractivity contribution in [2.75, 3.05) is 5.73 Å². The average molecular weight is 563 g/mol. The van der Waals surface area contributed by atoms with Gasteiger partial charge in [-0.2, -0.15) is 5.10 Å². The number of benzene rings is 3. The van der Waals surface area contributed by atoms with Crippen LogP contribution in [0.1, 0.15) is 21.6 Å². The summed E-state index contributed by atoms with van der Waals surface area (Å²) in [5.41, 5.74) is 9.71. The van der Waals surface area contributed by atoms with Crippen molar-refractivity contribution in [3.63, 3.8) is 0 Å². The van der Waals surface area contributed by atoms with E-state index in [0.29, 0.717) is 33.9 Å². The topological polar surface area (TPSA) is 91.6 Å². The minimum absolute atomic E-state index is 0.0342. The van der Waals surface area contributed by atoms with Crippen LogP contribution in [-0.2, 0) is 6.42 Å². The molecule has 9 heteroatoms. The first-order chi connectivity index (χ1) is 20.3. The van der Waals surface area contributed by atoms with Crippen molar-refractivity contribution in [2.24, 2.45) is 0 Å². The Kier molecular flexibility index (Phi) is 6.84. The number of Topliss-reactive ketones (excluding diaryl/α,β-unsaturated/α-hetero) is 1. The van der Waals surface area contributed by atoms with Gasteiger partial charge < -0.3 is 10.5 Å². The summed E-state index contributed by atoms with van der Waals surface area (Å²) in [5, 5.41) is 4.32. The molecule has 3 heterocycles. The van der Waals surface area contributed by atoms with Gasteiger partial charge in [-0.15, -0.1) is 0 Å². The van der Waals surface area contributed by atoms with Gasteiger partial charge in [0.2, 0.25) is 0 Å². The molecule has 3 aromatic heterocycles. The number of fused-ring (bicyclic) bond motifs is 1. The van der Waals surface area contributed by atoms with Crippen molar-refractivity contribution >= 4 is 17.0 Å². The monoisotopic (exact) mass is 562 g/mol. The highest BCUT2D eigenvalue weighted by atomic mass is 19.1. The maximum atomic E-state index is 15.3. The number of halogens is 2. The standard InChI is InChI=1S/C33H24F2N4O3/c1-20-5-11-27(33(41)39(20)25-9-7-23(34)8-10-25)29(40)18-21-6-12-30(28(35)17-21)42-31-13-15-37-38-16-14-26(32(31)38)22-3-2-4-24(36)19-22/h2-17,19H,18,36H2,1H3. The molecule has 0 saturated carbocycles. The number of anilines is 1. The summed E-state index contributed by atoms with van der Waals surface area (Å²) in [4.78, 5) is 26.3. The Bertz CT molecular complexity index is 2030. The summed E-state index contributed by atoms with van der Waals surface area (Å²) in [6.45, 7) is 1.72. The third-order valence-electron chi connectivity index (χ3n) is 6.96. The third-order valence-corrected chi connectivity index (χ3v) is 6.96. The third kappa shape index (κ3) is 5.03. The minimum Gasteiger partial charge on any atom is -0.452 e. The molecule has 0 bridgehead atoms. The number of hydrogen-bond donors (Lipinski definition) is 1. The van der Waals surface area contributed by atoms with Crippen LogP contribution in [0, 0.1) is 18.6 Å². The molecule has 0 aliphatic rings. The number of ketones is 1. The lowest BCUT2D eigenvalue weighted by molar-refractivity contribution is 0.0991. The number of hydrogen-bond acceptors (Lipinski definition) is 5. The molecule has 2 N–H and O–H groups in total. The summed E-state index contributed by atoms with van der Waals surface area (Å²) in [6, 6.07) is 23.7. The van der Waals surface area contributed by atoms with Gasteiger partial charge in [0.05, 0.1) is 11.8 Å². The molecule has 0 aliphatic heterocycles. The van der Waals surface area contributed by atoms with E-state index >= 15 is 4.39 Å². The van der Waals surface area contributed by atoms with Gasteiger partial charge in [-0.05, 0) is 84.8 Å². The normalized spacial score (nSPS) is 11.1. The molecule has 0 spiro atoms. The predicted molar refractivity (Wildman–Crippen MR) is 156 cm³/mol. The van der Waals surface area contributed by atoms with E-state index in [1.54, 1.807) is 48.1 Å². The van der Waals surface area contributed by atoms with Crippen LogP contribution in [0.25, 0.3) is 22.3 Å². The second kappa shape index (κ2) is 10.8. The number of nitrogens with zero attached hydrogens (tertiary/aromatic N) is 3. The zero-order valence-electron chi connectivity index (χ0n) is 22.4. The van der Waals surface area contributed by atoms with E-state index in [1.807, 2.05) is 24.3 Å². The Hall–Kier alpha value is -5.57. The molecule has 6 rings (SSSR count). The van der Waals surface area contributed by atoms with Crippen molar-refractivity contribution in [3.05, 3.63) is 142 Å². The molecule has 42 heavy (non-hydrogen) atoms. The smallest absolute Gasteiger partial charge is 0.266 e. The number of ether oxygens (including phenoxy) is 1. The van der Waals surface area contributed by atoms with E-state index in [0.717, 1.165) is 11.1 Å². The Morgan fingerprint density at radius 3 is 2.50 bits per heavy atom. The molecule has 0 saturated heterocycles. The quantitative estimate of drug-likeness (QED) is 0.176. The zero-order chi connectivity index (χ0) is 29.4. The van der Waals surface area contributed by atoms with Crippen LogP contribution in [0.5, 0.6) is 11.5 Å². The van der Waals surface area contributed by atoms with E-state index in [1.165, 1.54) is 47.0 Å². The highest BCUT2D eigenvalue weighted by molar-refractivity contribution is 5.97. The molecular weight excluding hydrogens is 538 g/mol. The van der Waals surface area contributed by atoms with Gasteiger partial charge in [0, 0.05) is 41.3 Å². The summed E-state index contributed by atoms with van der Waals surface area (Å²) < 4.78 is 37.6. The van der Waals surface area contributed by atoms with Gasteiger partial charge in [-0.25, -0.2) is 13.3 Å². The number of pyridine rings is 1. The molecule has 0 unspecified atom stereocenters. The summed E-state index contributed by atoms with van der Waals surface area (Å²) in [7, 11) is 0. The average Bonchev–Trinajstić information content (AvgIpc) is 3.41. The van der Waals surface area contributed by atoms with Gasteiger partial charge in [0.15, 0.2) is 23.1 Å². The van der Waals surface area contributed by atoms with Crippen molar-refractivity contribution < 1.29 is 18.3 Å². The van der Waals surface area contributed by atoms with E-state index in [-0.39, 0.29) is 17.7 Å². The van der Waals surface area contributed by atoms with Crippen LogP contribution >= 0.6 is 0 Å². The lowest BCUT2D eigenvalue weighted by Gasteiger charge is -2.12. The number of nitrogen functional groups attached to an aromatic ring is 1. The highest BCUT2D eigenvalue weighted by Crippen LogP contribution is 2.35. The van der Waals surface area contributed by atoms with Crippen molar-refractivity contribution in [1.82, 2.24) is 14.2 Å². The number of rotatable bonds is 7. The molecule has 0 radical (unpaired) electrons. The number of aryl methyl sites for hydroxylation is 1. The summed E-state index contributed by atoms with van der Waals surface area (Å²) >= 11 is 0. The fraction of sp³-hybridized carbons (Fsp3) is 0.0606. The zero-order valence-corrected chi connectivity index (χ0v) is 22.4. The first-order valence-electron chi connectivity index (χ1n) is 13.1. The maximum absolute atomic E-state index is 15.3. The second-order valence-electron chi connectivity index (χ2n) is 9.82. The lowest BCUT2D eigenvalue weighted by atomic mass is 10.0. The maximum Gasteiger partial charge on any atom is 0.266 e. The second-order valence-corrected chi connectivity index (χ2v) is 9.82. The molecule has 0 atom stereocenters. The van der Waals surface area contributed by atoms with Crippen LogP contribution in [0.4, 0.5) is 14.5 Å². The van der Waals surface area contributed by atoms with Crippen LogP contribution in [-0.4, -0.2) is 20.0 Å². The largest absolute Gasteiger partial charge is 0.452 e. The van der Waals surface area contributed by atoms with Crippen LogP contribution in [0.3, 0.4) is 0 Å². The van der Waals surface area contributed by atoms with Crippen LogP contribution in [0.15, 0.2) is 108 Å². The fourth-order valence-corrected chi connectivity index (χ4v) is 4.93. The van der Waals surface area contributed by atoms with Gasteiger partial charge in [-0.1, -0.05) is 18.2 Å². The van der Waals surface area contributed by atoms with Crippen molar-refractivity contribution in [2.45, 2.75) is 13.3 Å².